The van der Waals surface area contributed by atoms with Crippen LogP contribution in [0.15, 0.2) is 47.5 Å². The first-order chi connectivity index (χ1) is 11.4. The number of hydrogen-bond donors (Lipinski definition) is 0. The molecular formula is C17H22N4O2S. The summed E-state index contributed by atoms with van der Waals surface area (Å²) < 4.78 is 25.9. The van der Waals surface area contributed by atoms with Gasteiger partial charge in [0.05, 0.1) is 10.6 Å². The zero-order valence-corrected chi connectivity index (χ0v) is 15.0. The molecule has 2 aromatic rings. The van der Waals surface area contributed by atoms with Gasteiger partial charge in [0, 0.05) is 47.0 Å². The number of pyridine rings is 1. The van der Waals surface area contributed by atoms with Gasteiger partial charge in [-0.05, 0) is 29.8 Å². The van der Waals surface area contributed by atoms with E-state index < -0.39 is 10.0 Å². The second-order valence-electron chi connectivity index (χ2n) is 6.12. The first kappa shape index (κ1) is 16.7. The van der Waals surface area contributed by atoms with Crippen molar-refractivity contribution in [2.75, 3.05) is 44.0 Å². The van der Waals surface area contributed by atoms with Crippen molar-refractivity contribution >= 4 is 21.5 Å². The summed E-state index contributed by atoms with van der Waals surface area (Å²) in [6.45, 7) is 2.42. The third-order valence-corrected chi connectivity index (χ3v) is 6.04. The van der Waals surface area contributed by atoms with E-state index in [9.17, 15) is 8.42 Å². The molecule has 0 N–H and O–H groups in total. The van der Waals surface area contributed by atoms with Gasteiger partial charge >= 0.3 is 0 Å². The smallest absolute Gasteiger partial charge is 0.242 e. The topological polar surface area (TPSA) is 56.8 Å². The number of aromatic nitrogens is 1. The van der Waals surface area contributed by atoms with E-state index in [2.05, 4.69) is 20.9 Å². The minimum Gasteiger partial charge on any atom is -0.362 e. The minimum atomic E-state index is -3.42. The predicted molar refractivity (Wildman–Crippen MR) is 95.9 cm³/mol. The summed E-state index contributed by atoms with van der Waals surface area (Å²) in [5.41, 5.74) is 2.05. The zero-order valence-electron chi connectivity index (χ0n) is 14.2. The summed E-state index contributed by atoms with van der Waals surface area (Å²) >= 11 is 0. The second-order valence-corrected chi connectivity index (χ2v) is 8.28. The van der Waals surface area contributed by atoms with Crippen molar-refractivity contribution < 1.29 is 8.42 Å². The van der Waals surface area contributed by atoms with Crippen LogP contribution in [-0.4, -0.2) is 51.9 Å². The Bertz CT molecular complexity index is 836. The van der Waals surface area contributed by atoms with Gasteiger partial charge in [0.25, 0.3) is 0 Å². The molecule has 1 aromatic heterocycles. The molecular weight excluding hydrogens is 324 g/mol. The fourth-order valence-electron chi connectivity index (χ4n) is 2.83. The van der Waals surface area contributed by atoms with Gasteiger partial charge in [-0.25, -0.2) is 17.7 Å². The summed E-state index contributed by atoms with van der Waals surface area (Å²) in [4.78, 5) is 9.16. The molecule has 1 aliphatic rings. The average molecular weight is 346 g/mol. The lowest BCUT2D eigenvalue weighted by molar-refractivity contribution is 0.520. The van der Waals surface area contributed by atoms with Crippen LogP contribution in [0, 0.1) is 0 Å². The largest absolute Gasteiger partial charge is 0.362 e. The highest BCUT2D eigenvalue weighted by atomic mass is 32.2. The molecule has 0 saturated heterocycles. The van der Waals surface area contributed by atoms with Crippen molar-refractivity contribution in [2.45, 2.75) is 11.4 Å². The highest BCUT2D eigenvalue weighted by Crippen LogP contribution is 2.30. The molecule has 0 saturated carbocycles. The van der Waals surface area contributed by atoms with Crippen molar-refractivity contribution in [3.05, 3.63) is 48.2 Å². The predicted octanol–water partition coefficient (Wildman–Crippen LogP) is 1.79. The lowest BCUT2D eigenvalue weighted by atomic mass is 10.1. The third-order valence-electron chi connectivity index (χ3n) is 4.22. The van der Waals surface area contributed by atoms with Gasteiger partial charge in [0.15, 0.2) is 5.82 Å². The van der Waals surface area contributed by atoms with Gasteiger partial charge < -0.3 is 9.80 Å². The second kappa shape index (κ2) is 6.41. The van der Waals surface area contributed by atoms with Crippen LogP contribution < -0.4 is 9.80 Å². The molecule has 0 radical (unpaired) electrons. The van der Waals surface area contributed by atoms with Gasteiger partial charge in [-0.3, -0.25) is 0 Å². The molecule has 0 spiro atoms. The summed E-state index contributed by atoms with van der Waals surface area (Å²) in [5, 5.41) is 0. The first-order valence-corrected chi connectivity index (χ1v) is 9.26. The van der Waals surface area contributed by atoms with Crippen LogP contribution >= 0.6 is 0 Å². The third kappa shape index (κ3) is 3.09. The van der Waals surface area contributed by atoms with Crippen molar-refractivity contribution in [3.63, 3.8) is 0 Å². The normalized spacial score (nSPS) is 14.8. The van der Waals surface area contributed by atoms with Crippen molar-refractivity contribution in [1.29, 1.82) is 0 Å². The van der Waals surface area contributed by atoms with Crippen molar-refractivity contribution in [2.24, 2.45) is 0 Å². The molecule has 7 heteroatoms. The van der Waals surface area contributed by atoms with E-state index in [1.165, 1.54) is 4.31 Å². The molecule has 0 aliphatic carbocycles. The Morgan fingerprint density at radius 1 is 1.17 bits per heavy atom. The number of benzene rings is 1. The quantitative estimate of drug-likeness (QED) is 0.845. The molecule has 24 heavy (non-hydrogen) atoms. The molecule has 0 amide bonds. The zero-order chi connectivity index (χ0) is 17.3. The molecule has 0 bridgehead atoms. The Hall–Kier alpha value is -2.12. The number of anilines is 2. The standard InChI is InChI=1S/C17H22N4O2S/c1-19(2)24(22,23)15-7-4-6-14(12-15)13-21-11-10-20(3)17-16(21)8-5-9-18-17/h4-9,12H,10-11,13H2,1-3H3. The van der Waals surface area contributed by atoms with E-state index in [1.54, 1.807) is 38.5 Å². The van der Waals surface area contributed by atoms with Crippen molar-refractivity contribution in [1.82, 2.24) is 9.29 Å². The summed E-state index contributed by atoms with van der Waals surface area (Å²) in [6.07, 6.45) is 1.79. The maximum atomic E-state index is 12.3. The molecule has 128 valence electrons. The van der Waals surface area contributed by atoms with Gasteiger partial charge in [-0.1, -0.05) is 12.1 Å². The van der Waals surface area contributed by atoms with Crippen LogP contribution in [0.25, 0.3) is 0 Å². The Labute approximate surface area is 143 Å². The molecule has 2 heterocycles. The molecule has 1 aliphatic heterocycles. The lowest BCUT2D eigenvalue weighted by Gasteiger charge is -2.36. The summed E-state index contributed by atoms with van der Waals surface area (Å²) in [5.74, 6) is 0.959. The fourth-order valence-corrected chi connectivity index (χ4v) is 3.80. The lowest BCUT2D eigenvalue weighted by Crippen LogP contribution is -2.39. The Balaban J connectivity index is 1.89. The van der Waals surface area contributed by atoms with Crippen LogP contribution in [0.3, 0.4) is 0 Å². The number of hydrogen-bond acceptors (Lipinski definition) is 5. The van der Waals surface area contributed by atoms with Gasteiger partial charge in [-0.15, -0.1) is 0 Å². The van der Waals surface area contributed by atoms with Gasteiger partial charge in [0.2, 0.25) is 10.0 Å². The van der Waals surface area contributed by atoms with E-state index in [1.807, 2.05) is 19.2 Å². The van der Waals surface area contributed by atoms with Gasteiger partial charge in [-0.2, -0.15) is 0 Å². The van der Waals surface area contributed by atoms with E-state index >= 15 is 0 Å². The molecule has 0 fully saturated rings. The van der Waals surface area contributed by atoms with Crippen LogP contribution in [0.5, 0.6) is 0 Å². The maximum Gasteiger partial charge on any atom is 0.242 e. The molecule has 6 nitrogen and oxygen atoms in total. The first-order valence-electron chi connectivity index (χ1n) is 7.82. The highest BCUT2D eigenvalue weighted by Gasteiger charge is 2.22. The van der Waals surface area contributed by atoms with Crippen LogP contribution in [0.2, 0.25) is 0 Å². The number of sulfonamides is 1. The average Bonchev–Trinajstić information content (AvgIpc) is 2.58. The minimum absolute atomic E-state index is 0.325. The SMILES string of the molecule is CN1CCN(Cc2cccc(S(=O)(=O)N(C)C)c2)c2cccnc21. The number of fused-ring (bicyclic) bond motifs is 1. The van der Waals surface area contributed by atoms with Crippen LogP contribution in [0.4, 0.5) is 11.5 Å². The van der Waals surface area contributed by atoms with Gasteiger partial charge in [0.1, 0.15) is 0 Å². The molecule has 0 unspecified atom stereocenters. The van der Waals surface area contributed by atoms with E-state index in [0.29, 0.717) is 11.4 Å². The number of nitrogens with zero attached hydrogens (tertiary/aromatic N) is 4. The number of rotatable bonds is 4. The molecule has 0 atom stereocenters. The monoisotopic (exact) mass is 346 g/mol. The highest BCUT2D eigenvalue weighted by molar-refractivity contribution is 7.89. The Morgan fingerprint density at radius 2 is 1.96 bits per heavy atom. The fraction of sp³-hybridized carbons (Fsp3) is 0.353. The maximum absolute atomic E-state index is 12.3. The Kier molecular flexibility index (Phi) is 4.47. The summed E-state index contributed by atoms with van der Waals surface area (Å²) in [7, 11) is 1.71. The summed E-state index contributed by atoms with van der Waals surface area (Å²) in [6, 6.07) is 11.1. The van der Waals surface area contributed by atoms with Crippen LogP contribution in [-0.2, 0) is 16.6 Å². The molecule has 3 rings (SSSR count). The van der Waals surface area contributed by atoms with Crippen molar-refractivity contribution in [3.8, 4) is 0 Å². The Morgan fingerprint density at radius 3 is 2.71 bits per heavy atom. The van der Waals surface area contributed by atoms with E-state index in [-0.39, 0.29) is 0 Å². The number of likely N-dealkylation sites (N-methyl/N-ethyl adjacent to an activating group) is 1. The molecule has 1 aromatic carbocycles. The van der Waals surface area contributed by atoms with E-state index in [0.717, 1.165) is 30.2 Å². The van der Waals surface area contributed by atoms with Crippen LogP contribution in [0.1, 0.15) is 5.56 Å². The van der Waals surface area contributed by atoms with E-state index in [4.69, 9.17) is 0 Å².